The molecule has 0 nitrogen and oxygen atoms in total. The predicted molar refractivity (Wildman–Crippen MR) is 232 cm³/mol. The van der Waals surface area contributed by atoms with Gasteiger partial charge in [0.05, 0.1) is 5.41 Å². The molecule has 9 aromatic carbocycles. The Bertz CT molecular complexity index is 3100. The normalized spacial score (nSPS) is 17.8. The Morgan fingerprint density at radius 1 is 0.500 bits per heavy atom. The van der Waals surface area contributed by atoms with Crippen LogP contribution in [-0.2, 0) is 5.41 Å². The maximum atomic E-state index is 7.35. The molecule has 54 heavy (non-hydrogen) atoms. The van der Waals surface area contributed by atoms with E-state index in [-0.39, 0.29) is 0 Å². The average Bonchev–Trinajstić information content (AvgIpc) is 3.50. The zero-order chi connectivity index (χ0) is 36.1. The zero-order valence-corrected chi connectivity index (χ0v) is 31.2. The minimum Gasteiger partial charge on any atom is -0.0843 e. The number of allylic oxidation sites excluding steroid dienone is 4. The Morgan fingerprint density at radius 2 is 1.09 bits per heavy atom. The van der Waals surface area contributed by atoms with Crippen LogP contribution >= 0.6 is 23.2 Å². The summed E-state index contributed by atoms with van der Waals surface area (Å²) in [6, 6.07) is 55.6. The van der Waals surface area contributed by atoms with Crippen LogP contribution in [0.2, 0.25) is 10.0 Å². The van der Waals surface area contributed by atoms with E-state index in [0.717, 1.165) is 28.0 Å². The van der Waals surface area contributed by atoms with Crippen LogP contribution in [0.25, 0.3) is 76.1 Å². The highest BCUT2D eigenvalue weighted by molar-refractivity contribution is 6.42. The molecule has 2 heteroatoms. The number of fused-ring (bicyclic) bond motifs is 14. The number of benzene rings is 9. The molecule has 2 aliphatic rings. The largest absolute Gasteiger partial charge is 0.0843 e. The Balaban J connectivity index is 1.39. The molecule has 9 aromatic rings. The summed E-state index contributed by atoms with van der Waals surface area (Å²) in [6.45, 7) is 2.33. The molecule has 0 aliphatic heterocycles. The molecule has 11 rings (SSSR count). The quantitative estimate of drug-likeness (QED) is 0.159. The predicted octanol–water partition coefficient (Wildman–Crippen LogP) is 15.3. The molecule has 256 valence electrons. The van der Waals surface area contributed by atoms with E-state index in [2.05, 4.69) is 165 Å². The van der Waals surface area contributed by atoms with Crippen molar-refractivity contribution in [2.24, 2.45) is 5.92 Å². The van der Waals surface area contributed by atoms with Gasteiger partial charge in [0.25, 0.3) is 0 Å². The fourth-order valence-electron chi connectivity index (χ4n) is 9.87. The van der Waals surface area contributed by atoms with Crippen molar-refractivity contribution in [1.29, 1.82) is 0 Å². The molecule has 0 bridgehead atoms. The third kappa shape index (κ3) is 4.39. The molecule has 0 saturated carbocycles. The van der Waals surface area contributed by atoms with Crippen molar-refractivity contribution in [1.82, 2.24) is 0 Å². The van der Waals surface area contributed by atoms with Crippen LogP contribution in [-0.4, -0.2) is 0 Å². The van der Waals surface area contributed by atoms with Crippen LogP contribution in [0, 0.1) is 5.92 Å². The van der Waals surface area contributed by atoms with E-state index in [1.807, 2.05) is 12.1 Å². The Morgan fingerprint density at radius 3 is 1.80 bits per heavy atom. The van der Waals surface area contributed by atoms with Crippen molar-refractivity contribution < 1.29 is 0 Å². The van der Waals surface area contributed by atoms with E-state index in [0.29, 0.717) is 10.9 Å². The molecule has 2 aliphatic carbocycles. The fourth-order valence-corrected chi connectivity index (χ4v) is 10.3. The van der Waals surface area contributed by atoms with Crippen LogP contribution in [0.3, 0.4) is 0 Å². The van der Waals surface area contributed by atoms with Gasteiger partial charge in [-0.2, -0.15) is 0 Å². The summed E-state index contributed by atoms with van der Waals surface area (Å²) >= 11 is 13.7. The van der Waals surface area contributed by atoms with Crippen LogP contribution in [0.5, 0.6) is 0 Å². The van der Waals surface area contributed by atoms with Crippen LogP contribution in [0.4, 0.5) is 0 Å². The second-order valence-electron chi connectivity index (χ2n) is 15.1. The molecule has 0 fully saturated rings. The first kappa shape index (κ1) is 31.8. The summed E-state index contributed by atoms with van der Waals surface area (Å²) in [6.07, 6.45) is 8.32. The maximum absolute atomic E-state index is 7.35. The first-order valence-electron chi connectivity index (χ1n) is 18.8. The average molecular weight is 730 g/mol. The van der Waals surface area contributed by atoms with Crippen molar-refractivity contribution in [3.8, 4) is 22.3 Å². The topological polar surface area (TPSA) is 0 Å². The van der Waals surface area contributed by atoms with E-state index in [1.54, 1.807) is 0 Å². The van der Waals surface area contributed by atoms with Gasteiger partial charge in [-0.15, -0.1) is 0 Å². The zero-order valence-electron chi connectivity index (χ0n) is 29.7. The van der Waals surface area contributed by atoms with Crippen molar-refractivity contribution in [2.75, 3.05) is 0 Å². The summed E-state index contributed by atoms with van der Waals surface area (Å²) in [5, 5.41) is 13.8. The molecule has 2 atom stereocenters. The van der Waals surface area contributed by atoms with Gasteiger partial charge in [-0.05, 0) is 142 Å². The monoisotopic (exact) mass is 728 g/mol. The van der Waals surface area contributed by atoms with Crippen LogP contribution in [0.15, 0.2) is 175 Å². The lowest BCUT2D eigenvalue weighted by atomic mass is 9.65. The number of hydrogen-bond donors (Lipinski definition) is 0. The molecule has 0 saturated heterocycles. The van der Waals surface area contributed by atoms with Gasteiger partial charge in [0.15, 0.2) is 0 Å². The molecule has 0 N–H and O–H groups in total. The first-order valence-corrected chi connectivity index (χ1v) is 19.5. The van der Waals surface area contributed by atoms with Crippen molar-refractivity contribution >= 4 is 77.1 Å². The highest BCUT2D eigenvalue weighted by Gasteiger charge is 2.47. The number of hydrogen-bond acceptors (Lipinski definition) is 0. The molecule has 2 unspecified atom stereocenters. The lowest BCUT2D eigenvalue weighted by Gasteiger charge is -2.36. The lowest BCUT2D eigenvalue weighted by molar-refractivity contribution is 0.683. The third-order valence-corrected chi connectivity index (χ3v) is 12.7. The highest BCUT2D eigenvalue weighted by atomic mass is 35.5. The van der Waals surface area contributed by atoms with Gasteiger partial charge >= 0.3 is 0 Å². The van der Waals surface area contributed by atoms with E-state index >= 15 is 0 Å². The van der Waals surface area contributed by atoms with Gasteiger partial charge in [-0.3, -0.25) is 0 Å². The van der Waals surface area contributed by atoms with Crippen molar-refractivity contribution in [3.63, 3.8) is 0 Å². The molecular formula is C52H34Cl2. The first-order chi connectivity index (χ1) is 26.5. The third-order valence-electron chi connectivity index (χ3n) is 12.1. The van der Waals surface area contributed by atoms with E-state index < -0.39 is 5.41 Å². The van der Waals surface area contributed by atoms with Crippen LogP contribution in [0.1, 0.15) is 30.0 Å². The van der Waals surface area contributed by atoms with Gasteiger partial charge in [0.2, 0.25) is 0 Å². The van der Waals surface area contributed by atoms with Gasteiger partial charge in [-0.1, -0.05) is 164 Å². The summed E-state index contributed by atoms with van der Waals surface area (Å²) in [4.78, 5) is 0. The van der Waals surface area contributed by atoms with E-state index in [1.165, 1.54) is 81.9 Å². The summed E-state index contributed by atoms with van der Waals surface area (Å²) < 4.78 is 0. The Hall–Kier alpha value is -5.66. The summed E-state index contributed by atoms with van der Waals surface area (Å²) in [5.41, 5.74) is 9.42. The highest BCUT2D eigenvalue weighted by Crippen LogP contribution is 2.59. The molecule has 0 spiro atoms. The molecule has 0 amide bonds. The van der Waals surface area contributed by atoms with Gasteiger partial charge in [0.1, 0.15) is 0 Å². The van der Waals surface area contributed by atoms with Gasteiger partial charge in [0, 0.05) is 15.6 Å². The van der Waals surface area contributed by atoms with E-state index in [4.69, 9.17) is 23.2 Å². The lowest BCUT2D eigenvalue weighted by Crippen LogP contribution is -2.30. The second kappa shape index (κ2) is 11.9. The Labute approximate surface area is 324 Å². The number of halogens is 2. The maximum Gasteiger partial charge on any atom is 0.0710 e. The standard InChI is InChI=1S/C52H34Cl2/c1-31-12-11-15-34(26-31)52(33-13-3-2-4-14-33)47-21-10-9-18-38(47)44-28-45-43(29-48(44)52)42-27-41(32-22-24-35(53)25-23-32)49(54)30-46(42)51-40-20-8-6-17-37(40)36-16-5-7-19-39(36)50(45)51/h2-11,13-31H,12H2,1H3. The molecule has 0 aromatic heterocycles. The SMILES string of the molecule is CC1C=C(C2(c3ccccc3)c3ccccc3-c3cc4c(cc32)c2cc(-c3ccc(Cl)cc3)c(Cl)cc2c2c3ccccc3c3ccccc3c42)C=CC1. The summed E-state index contributed by atoms with van der Waals surface area (Å²) in [7, 11) is 0. The van der Waals surface area contributed by atoms with Crippen molar-refractivity contribution in [3.05, 3.63) is 202 Å². The van der Waals surface area contributed by atoms with E-state index in [9.17, 15) is 0 Å². The van der Waals surface area contributed by atoms with Crippen LogP contribution < -0.4 is 0 Å². The fraction of sp³-hybridized carbons (Fsp3) is 0.0769. The molecular weight excluding hydrogens is 695 g/mol. The minimum absolute atomic E-state index is 0.441. The molecule has 0 radical (unpaired) electrons. The Kier molecular flexibility index (Phi) is 7.03. The van der Waals surface area contributed by atoms with Gasteiger partial charge in [-0.25, -0.2) is 0 Å². The van der Waals surface area contributed by atoms with Crippen molar-refractivity contribution in [2.45, 2.75) is 18.8 Å². The molecule has 0 heterocycles. The smallest absolute Gasteiger partial charge is 0.0710 e. The second-order valence-corrected chi connectivity index (χ2v) is 15.9. The minimum atomic E-state index is -0.481. The van der Waals surface area contributed by atoms with Gasteiger partial charge < -0.3 is 0 Å². The number of rotatable bonds is 3. The summed E-state index contributed by atoms with van der Waals surface area (Å²) in [5.74, 6) is 0.441.